The second-order valence-electron chi connectivity index (χ2n) is 4.81. The lowest BCUT2D eigenvalue weighted by molar-refractivity contribution is 0.150. The Balaban J connectivity index is 2.43. The number of pyridine rings is 1. The molecule has 2 heterocycles. The molecule has 0 aliphatic rings. The fourth-order valence-electron chi connectivity index (χ4n) is 1.70. The first-order chi connectivity index (χ1) is 8.90. The minimum Gasteiger partial charge on any atom is -0.302 e. The normalized spacial score (nSPS) is 12.7. The lowest BCUT2D eigenvalue weighted by atomic mass is 10.3. The summed E-state index contributed by atoms with van der Waals surface area (Å²) < 4.78 is 24.0. The van der Waals surface area contributed by atoms with Gasteiger partial charge in [-0.2, -0.15) is 0 Å². The lowest BCUT2D eigenvalue weighted by Crippen LogP contribution is -2.17. The first-order valence-electron chi connectivity index (χ1n) is 6.21. The van der Waals surface area contributed by atoms with Crippen LogP contribution in [0.4, 0.5) is 0 Å². The second-order valence-corrected chi connectivity index (χ2v) is 7.64. The van der Waals surface area contributed by atoms with E-state index in [0.717, 1.165) is 10.2 Å². The number of fused-ring (bicyclic) bond motifs is 1. The third-order valence-corrected chi connectivity index (χ3v) is 5.42. The van der Waals surface area contributed by atoms with Crippen LogP contribution in [0.15, 0.2) is 23.7 Å². The van der Waals surface area contributed by atoms with Crippen LogP contribution in [0.2, 0.25) is 0 Å². The Morgan fingerprint density at radius 1 is 1.21 bits per heavy atom. The molecular weight excluding hydrogens is 281 g/mol. The molecular formula is C13H18NO3PS. The van der Waals surface area contributed by atoms with Crippen molar-refractivity contribution in [2.24, 2.45) is 0 Å². The lowest BCUT2D eigenvalue weighted by Gasteiger charge is -2.22. The number of aromatic nitrogens is 1. The Kier molecular flexibility index (Phi) is 4.41. The molecule has 0 N–H and O–H groups in total. The van der Waals surface area contributed by atoms with Crippen LogP contribution in [0.3, 0.4) is 0 Å². The largest absolute Gasteiger partial charge is 0.363 e. The fourth-order valence-corrected chi connectivity index (χ4v) is 4.32. The van der Waals surface area contributed by atoms with Crippen molar-refractivity contribution < 1.29 is 13.6 Å². The van der Waals surface area contributed by atoms with Gasteiger partial charge in [-0.15, -0.1) is 11.3 Å². The van der Waals surface area contributed by atoms with Crippen LogP contribution in [0.1, 0.15) is 27.7 Å². The molecule has 4 nitrogen and oxygen atoms in total. The summed E-state index contributed by atoms with van der Waals surface area (Å²) in [5.74, 6) is 0. The molecule has 0 aliphatic carbocycles. The van der Waals surface area contributed by atoms with E-state index in [9.17, 15) is 4.57 Å². The summed E-state index contributed by atoms with van der Waals surface area (Å²) in [6, 6.07) is 3.79. The maximum Gasteiger partial charge on any atom is 0.363 e. The van der Waals surface area contributed by atoms with Crippen LogP contribution in [-0.4, -0.2) is 17.2 Å². The number of hydrogen-bond acceptors (Lipinski definition) is 5. The smallest absolute Gasteiger partial charge is 0.302 e. The third kappa shape index (κ3) is 3.42. The molecule has 0 saturated carbocycles. The van der Waals surface area contributed by atoms with Crippen molar-refractivity contribution in [3.63, 3.8) is 0 Å². The highest BCUT2D eigenvalue weighted by Gasteiger charge is 2.31. The Morgan fingerprint density at radius 2 is 1.84 bits per heavy atom. The quantitative estimate of drug-likeness (QED) is 0.784. The maximum absolute atomic E-state index is 12.9. The van der Waals surface area contributed by atoms with E-state index in [1.54, 1.807) is 17.5 Å². The predicted molar refractivity (Wildman–Crippen MR) is 79.3 cm³/mol. The van der Waals surface area contributed by atoms with Gasteiger partial charge in [0.15, 0.2) is 0 Å². The molecule has 0 amide bonds. The van der Waals surface area contributed by atoms with E-state index in [0.29, 0.717) is 5.30 Å². The first-order valence-corrected chi connectivity index (χ1v) is 8.63. The van der Waals surface area contributed by atoms with Crippen molar-refractivity contribution in [3.8, 4) is 0 Å². The van der Waals surface area contributed by atoms with Gasteiger partial charge in [0.25, 0.3) is 0 Å². The molecule has 0 spiro atoms. The zero-order chi connectivity index (χ0) is 14.0. The minimum absolute atomic E-state index is 0.178. The number of rotatable bonds is 5. The van der Waals surface area contributed by atoms with Crippen molar-refractivity contribution in [1.82, 2.24) is 4.98 Å². The Hall–Kier alpha value is -0.740. The van der Waals surface area contributed by atoms with Crippen molar-refractivity contribution in [2.75, 3.05) is 0 Å². The number of thiophene rings is 1. The van der Waals surface area contributed by atoms with Crippen molar-refractivity contribution >= 4 is 34.5 Å². The summed E-state index contributed by atoms with van der Waals surface area (Å²) in [5.41, 5.74) is 0. The van der Waals surface area contributed by atoms with Crippen LogP contribution < -0.4 is 5.30 Å². The van der Waals surface area contributed by atoms with Gasteiger partial charge in [0, 0.05) is 11.6 Å². The fraction of sp³-hybridized carbons (Fsp3) is 0.462. The van der Waals surface area contributed by atoms with E-state index in [4.69, 9.17) is 9.05 Å². The van der Waals surface area contributed by atoms with Gasteiger partial charge < -0.3 is 9.05 Å². The Labute approximate surface area is 117 Å². The van der Waals surface area contributed by atoms with Crippen LogP contribution in [-0.2, 0) is 13.6 Å². The van der Waals surface area contributed by atoms with Gasteiger partial charge in [-0.25, -0.2) is 4.98 Å². The molecule has 6 heteroatoms. The first kappa shape index (κ1) is 14.7. The average molecular weight is 299 g/mol. The molecule has 0 aromatic carbocycles. The molecule has 19 heavy (non-hydrogen) atoms. The van der Waals surface area contributed by atoms with Gasteiger partial charge in [-0.3, -0.25) is 4.57 Å². The van der Waals surface area contributed by atoms with Crippen LogP contribution >= 0.6 is 18.9 Å². The van der Waals surface area contributed by atoms with E-state index in [1.807, 2.05) is 45.2 Å². The Bertz CT molecular complexity index is 595. The molecule has 0 unspecified atom stereocenters. The van der Waals surface area contributed by atoms with Gasteiger partial charge in [0.05, 0.1) is 17.5 Å². The van der Waals surface area contributed by atoms with E-state index >= 15 is 0 Å². The van der Waals surface area contributed by atoms with Gasteiger partial charge >= 0.3 is 7.60 Å². The molecule has 2 rings (SSSR count). The van der Waals surface area contributed by atoms with Crippen LogP contribution in [0, 0.1) is 0 Å². The summed E-state index contributed by atoms with van der Waals surface area (Å²) in [5, 5.41) is 3.43. The molecule has 0 radical (unpaired) electrons. The number of nitrogens with zero attached hydrogens (tertiary/aromatic N) is 1. The summed E-state index contributed by atoms with van der Waals surface area (Å²) in [6.07, 6.45) is 1.23. The van der Waals surface area contributed by atoms with Crippen molar-refractivity contribution in [1.29, 1.82) is 0 Å². The summed E-state index contributed by atoms with van der Waals surface area (Å²) in [7, 11) is -3.32. The van der Waals surface area contributed by atoms with Gasteiger partial charge in [0.2, 0.25) is 0 Å². The molecule has 0 saturated heterocycles. The minimum atomic E-state index is -3.32. The molecule has 2 aromatic heterocycles. The van der Waals surface area contributed by atoms with Gasteiger partial charge in [-0.1, -0.05) is 0 Å². The average Bonchev–Trinajstić information content (AvgIpc) is 2.73. The summed E-state index contributed by atoms with van der Waals surface area (Å²) >= 11 is 1.55. The predicted octanol–water partition coefficient (Wildman–Crippen LogP) is 3.96. The van der Waals surface area contributed by atoms with Crippen LogP contribution in [0.25, 0.3) is 10.2 Å². The van der Waals surface area contributed by atoms with E-state index in [-0.39, 0.29) is 12.2 Å². The highest BCUT2D eigenvalue weighted by Crippen LogP contribution is 2.49. The van der Waals surface area contributed by atoms with Gasteiger partial charge in [0.1, 0.15) is 4.83 Å². The van der Waals surface area contributed by atoms with Gasteiger partial charge in [-0.05, 0) is 45.2 Å². The molecule has 0 fully saturated rings. The SMILES string of the molecule is CC(C)OP(=O)(OC(C)C)c1cnc2sccc2c1. The van der Waals surface area contributed by atoms with Crippen molar-refractivity contribution in [2.45, 2.75) is 39.9 Å². The highest BCUT2D eigenvalue weighted by atomic mass is 32.1. The van der Waals surface area contributed by atoms with E-state index in [2.05, 4.69) is 4.98 Å². The molecule has 0 atom stereocenters. The number of hydrogen-bond donors (Lipinski definition) is 0. The summed E-state index contributed by atoms with van der Waals surface area (Å²) in [4.78, 5) is 5.23. The maximum atomic E-state index is 12.9. The monoisotopic (exact) mass is 299 g/mol. The molecule has 2 aromatic rings. The molecule has 104 valence electrons. The third-order valence-electron chi connectivity index (χ3n) is 2.31. The summed E-state index contributed by atoms with van der Waals surface area (Å²) in [6.45, 7) is 7.36. The zero-order valence-corrected chi connectivity index (χ0v) is 13.2. The zero-order valence-electron chi connectivity index (χ0n) is 11.5. The van der Waals surface area contributed by atoms with E-state index < -0.39 is 7.60 Å². The second kappa shape index (κ2) is 5.71. The van der Waals surface area contributed by atoms with E-state index in [1.165, 1.54) is 0 Å². The molecule has 0 bridgehead atoms. The standard InChI is InChI=1S/C13H18NO3PS/c1-9(2)16-18(15,17-10(3)4)12-7-11-5-6-19-13(11)14-8-12/h5-10H,1-4H3. The Morgan fingerprint density at radius 3 is 2.42 bits per heavy atom. The van der Waals surface area contributed by atoms with Crippen molar-refractivity contribution in [3.05, 3.63) is 23.7 Å². The topological polar surface area (TPSA) is 48.4 Å². The molecule has 0 aliphatic heterocycles. The van der Waals surface area contributed by atoms with Crippen LogP contribution in [0.5, 0.6) is 0 Å². The highest BCUT2D eigenvalue weighted by molar-refractivity contribution is 7.62.